The van der Waals surface area contributed by atoms with Gasteiger partial charge in [0.2, 0.25) is 0 Å². The van der Waals surface area contributed by atoms with Gasteiger partial charge in [-0.1, -0.05) is 24.3 Å². The zero-order valence-corrected chi connectivity index (χ0v) is 22.9. The number of pyridine rings is 1. The van der Waals surface area contributed by atoms with Crippen molar-refractivity contribution < 1.29 is 23.5 Å². The molecule has 0 bridgehead atoms. The Kier molecular flexibility index (Phi) is 8.76. The van der Waals surface area contributed by atoms with Gasteiger partial charge in [-0.05, 0) is 87.1 Å². The highest BCUT2D eigenvalue weighted by molar-refractivity contribution is 5.85. The van der Waals surface area contributed by atoms with Crippen molar-refractivity contribution in [2.45, 2.75) is 51.7 Å². The molecule has 8 heteroatoms. The number of benzene rings is 1. The van der Waals surface area contributed by atoms with Crippen LogP contribution in [-0.2, 0) is 14.3 Å². The summed E-state index contributed by atoms with van der Waals surface area (Å²) in [7, 11) is 1.82. The average molecular weight is 543 g/mol. The Morgan fingerprint density at radius 3 is 2.74 bits per heavy atom. The highest BCUT2D eigenvalue weighted by Gasteiger charge is 2.54. The molecule has 2 heterocycles. The van der Waals surface area contributed by atoms with Crippen LogP contribution >= 0.6 is 12.4 Å². The number of cyclic esters (lactones) is 1. The van der Waals surface area contributed by atoms with E-state index in [2.05, 4.69) is 11.1 Å². The second kappa shape index (κ2) is 11.9. The number of aromatic nitrogens is 1. The number of fused-ring (bicyclic) bond motifs is 2. The number of carbonyl (C=O) groups excluding carboxylic acids is 2. The van der Waals surface area contributed by atoms with Gasteiger partial charge in [-0.2, -0.15) is 0 Å². The molecule has 1 aromatic heterocycles. The van der Waals surface area contributed by atoms with Crippen molar-refractivity contribution in [1.29, 1.82) is 0 Å². The van der Waals surface area contributed by atoms with Gasteiger partial charge in [0.05, 0.1) is 18.2 Å². The highest BCUT2D eigenvalue weighted by atomic mass is 35.5. The fourth-order valence-corrected chi connectivity index (χ4v) is 6.87. The molecule has 2 saturated carbocycles. The maximum atomic E-state index is 13.6. The number of nitrogens with zero attached hydrogens (tertiary/aromatic N) is 2. The minimum atomic E-state index is -0.280. The first-order chi connectivity index (χ1) is 17.9. The van der Waals surface area contributed by atoms with Gasteiger partial charge in [0, 0.05) is 30.8 Å². The van der Waals surface area contributed by atoms with Crippen LogP contribution in [0.2, 0.25) is 0 Å². The van der Waals surface area contributed by atoms with Crippen molar-refractivity contribution in [3.63, 3.8) is 0 Å². The second-order valence-electron chi connectivity index (χ2n) is 10.7. The van der Waals surface area contributed by atoms with E-state index in [-0.39, 0.29) is 60.2 Å². The van der Waals surface area contributed by atoms with Crippen LogP contribution in [0, 0.1) is 35.4 Å². The number of esters is 1. The van der Waals surface area contributed by atoms with Gasteiger partial charge >= 0.3 is 12.1 Å². The normalized spacial score (nSPS) is 30.1. The summed E-state index contributed by atoms with van der Waals surface area (Å²) in [6.07, 6.45) is 9.24. The molecule has 0 radical (unpaired) electrons. The van der Waals surface area contributed by atoms with Crippen molar-refractivity contribution in [3.05, 3.63) is 60.2 Å². The molecule has 1 saturated heterocycles. The SMILES string of the molecule is CCOC(=O)N(C)[C@@H]1CC[C@@H]2[C@@H](C1)C[C@H]1C(=O)O[C@H](C)[C@H]1[C@H]2/C=C/c1ccc(-c2cccc(F)c2)cn1.Cl. The van der Waals surface area contributed by atoms with E-state index in [1.54, 1.807) is 17.2 Å². The molecular formula is C30H36ClFN2O4. The third kappa shape index (κ3) is 5.58. The quantitative estimate of drug-likeness (QED) is 0.409. The maximum Gasteiger partial charge on any atom is 0.409 e. The fraction of sp³-hybridized carbons (Fsp3) is 0.500. The van der Waals surface area contributed by atoms with Crippen molar-refractivity contribution in [3.8, 4) is 11.1 Å². The van der Waals surface area contributed by atoms with Crippen LogP contribution in [0.4, 0.5) is 9.18 Å². The topological polar surface area (TPSA) is 68.7 Å². The number of allylic oxidation sites excluding steroid dienone is 1. The smallest absolute Gasteiger partial charge is 0.409 e. The second-order valence-corrected chi connectivity index (χ2v) is 10.7. The fourth-order valence-electron chi connectivity index (χ4n) is 6.87. The maximum absolute atomic E-state index is 13.6. The molecule has 7 atom stereocenters. The summed E-state index contributed by atoms with van der Waals surface area (Å²) >= 11 is 0. The Morgan fingerprint density at radius 1 is 1.21 bits per heavy atom. The van der Waals surface area contributed by atoms with Gasteiger partial charge in [0.15, 0.2) is 0 Å². The van der Waals surface area contributed by atoms with Crippen LogP contribution in [0.3, 0.4) is 0 Å². The van der Waals surface area contributed by atoms with Gasteiger partial charge in [-0.25, -0.2) is 9.18 Å². The average Bonchev–Trinajstić information content (AvgIpc) is 3.19. The van der Waals surface area contributed by atoms with Gasteiger partial charge in [0.25, 0.3) is 0 Å². The molecule has 0 N–H and O–H groups in total. The van der Waals surface area contributed by atoms with Gasteiger partial charge in [-0.15, -0.1) is 12.4 Å². The molecular weight excluding hydrogens is 507 g/mol. The lowest BCUT2D eigenvalue weighted by Gasteiger charge is -2.48. The van der Waals surface area contributed by atoms with E-state index >= 15 is 0 Å². The monoisotopic (exact) mass is 542 g/mol. The predicted molar refractivity (Wildman–Crippen MR) is 146 cm³/mol. The molecule has 0 spiro atoms. The molecule has 6 nitrogen and oxygen atoms in total. The van der Waals surface area contributed by atoms with E-state index in [4.69, 9.17) is 9.47 Å². The summed E-state index contributed by atoms with van der Waals surface area (Å²) < 4.78 is 24.5. The zero-order valence-electron chi connectivity index (χ0n) is 22.1. The summed E-state index contributed by atoms with van der Waals surface area (Å²) in [4.78, 5) is 31.4. The van der Waals surface area contributed by atoms with Crippen LogP contribution in [0.15, 0.2) is 48.7 Å². The Labute approximate surface area is 230 Å². The van der Waals surface area contributed by atoms with Crippen molar-refractivity contribution >= 4 is 30.5 Å². The summed E-state index contributed by atoms with van der Waals surface area (Å²) in [6, 6.07) is 10.5. The third-order valence-electron chi connectivity index (χ3n) is 8.66. The number of hydrogen-bond donors (Lipinski definition) is 0. The lowest BCUT2D eigenvalue weighted by molar-refractivity contribution is -0.144. The number of halogens is 2. The van der Waals surface area contributed by atoms with Crippen molar-refractivity contribution in [1.82, 2.24) is 9.88 Å². The first-order valence-corrected chi connectivity index (χ1v) is 13.4. The molecule has 5 rings (SSSR count). The van der Waals surface area contributed by atoms with Gasteiger partial charge < -0.3 is 14.4 Å². The third-order valence-corrected chi connectivity index (χ3v) is 8.66. The van der Waals surface area contributed by atoms with E-state index in [1.165, 1.54) is 12.1 Å². The predicted octanol–water partition coefficient (Wildman–Crippen LogP) is 6.39. The Balaban J connectivity index is 0.00000336. The Hall–Kier alpha value is -2.93. The molecule has 204 valence electrons. The van der Waals surface area contributed by atoms with Gasteiger partial charge in [-0.3, -0.25) is 9.78 Å². The van der Waals surface area contributed by atoms with Crippen LogP contribution in [-0.4, -0.2) is 47.7 Å². The summed E-state index contributed by atoms with van der Waals surface area (Å²) in [6.45, 7) is 4.19. The number of amides is 1. The molecule has 0 unspecified atom stereocenters. The molecule has 3 fully saturated rings. The van der Waals surface area contributed by atoms with E-state index in [1.807, 2.05) is 45.2 Å². The Bertz CT molecular complexity index is 1170. The minimum absolute atomic E-state index is 0. The first kappa shape index (κ1) is 28.1. The summed E-state index contributed by atoms with van der Waals surface area (Å²) in [5.41, 5.74) is 2.48. The zero-order chi connectivity index (χ0) is 26.1. The molecule has 1 aromatic carbocycles. The minimum Gasteiger partial charge on any atom is -0.462 e. The molecule has 3 aliphatic rings. The molecule has 1 aliphatic heterocycles. The largest absolute Gasteiger partial charge is 0.462 e. The van der Waals surface area contributed by atoms with Crippen LogP contribution < -0.4 is 0 Å². The number of ether oxygens (including phenoxy) is 2. The lowest BCUT2D eigenvalue weighted by Crippen LogP contribution is -2.48. The van der Waals surface area contributed by atoms with Crippen LogP contribution in [0.5, 0.6) is 0 Å². The molecule has 1 amide bonds. The van der Waals surface area contributed by atoms with Crippen LogP contribution in [0.1, 0.15) is 45.2 Å². The number of rotatable bonds is 5. The number of hydrogen-bond acceptors (Lipinski definition) is 5. The summed E-state index contributed by atoms with van der Waals surface area (Å²) in [5.74, 6) is 0.641. The van der Waals surface area contributed by atoms with Crippen molar-refractivity contribution in [2.24, 2.45) is 29.6 Å². The molecule has 38 heavy (non-hydrogen) atoms. The Morgan fingerprint density at radius 2 is 2.03 bits per heavy atom. The highest BCUT2D eigenvalue weighted by Crippen LogP contribution is 2.54. The van der Waals surface area contributed by atoms with E-state index in [9.17, 15) is 14.0 Å². The van der Waals surface area contributed by atoms with Crippen LogP contribution in [0.25, 0.3) is 17.2 Å². The van der Waals surface area contributed by atoms with E-state index in [0.717, 1.165) is 42.5 Å². The molecule has 2 aliphatic carbocycles. The van der Waals surface area contributed by atoms with Crippen molar-refractivity contribution in [2.75, 3.05) is 13.7 Å². The van der Waals surface area contributed by atoms with E-state index < -0.39 is 0 Å². The van der Waals surface area contributed by atoms with E-state index in [0.29, 0.717) is 18.4 Å². The number of carbonyl (C=O) groups is 2. The first-order valence-electron chi connectivity index (χ1n) is 13.4. The summed E-state index contributed by atoms with van der Waals surface area (Å²) in [5, 5.41) is 0. The molecule has 2 aromatic rings. The lowest BCUT2D eigenvalue weighted by atomic mass is 9.56. The standard InChI is InChI=1S/C30H35FN2O4.ClH/c1-4-36-30(35)33(3)24-11-13-25-21(15-24)16-27-28(18(2)37-29(27)34)26(25)12-10-23-9-8-20(17-32-23)19-6-5-7-22(31)14-19;/h5-10,12,14,17-18,21,24-28H,4,11,13,15-16H2,1-3H3;1H/b12-10+;/t18-,21+,24-,25-,26+,27-,28+;/m1./s1. The van der Waals surface area contributed by atoms with Gasteiger partial charge in [0.1, 0.15) is 11.9 Å².